The second kappa shape index (κ2) is 6.99. The number of pyridine rings is 1. The molecule has 0 radical (unpaired) electrons. The van der Waals surface area contributed by atoms with Crippen LogP contribution in [0.4, 0.5) is 0 Å². The first kappa shape index (κ1) is 15.8. The van der Waals surface area contributed by atoms with Crippen molar-refractivity contribution in [2.24, 2.45) is 0 Å². The van der Waals surface area contributed by atoms with Crippen molar-refractivity contribution in [3.05, 3.63) is 65.4 Å². The van der Waals surface area contributed by atoms with Gasteiger partial charge in [-0.05, 0) is 29.3 Å². The summed E-state index contributed by atoms with van der Waals surface area (Å²) in [6.45, 7) is 0.334. The van der Waals surface area contributed by atoms with E-state index in [1.54, 1.807) is 42.9 Å². The Labute approximate surface area is 139 Å². The molecule has 0 atom stereocenters. The average molecular weight is 345 g/mol. The quantitative estimate of drug-likeness (QED) is 0.746. The first-order valence-corrected chi connectivity index (χ1v) is 9.40. The maximum absolute atomic E-state index is 12.3. The molecule has 0 amide bonds. The van der Waals surface area contributed by atoms with Gasteiger partial charge in [0.2, 0.25) is 10.0 Å². The van der Waals surface area contributed by atoms with E-state index in [1.165, 1.54) is 11.3 Å². The molecule has 0 aliphatic rings. The summed E-state index contributed by atoms with van der Waals surface area (Å²) < 4.78 is 27.1. The van der Waals surface area contributed by atoms with Crippen LogP contribution >= 0.6 is 11.3 Å². The standard InChI is InChI=1S/C16H15N3O2S2/c20-23(21,19-9-7-16-18-10-11-22-16)15-5-3-13(4-6-15)14-2-1-8-17-12-14/h1-6,8,10-12,19H,7,9H2. The molecule has 3 rings (SSSR count). The Hall–Kier alpha value is -2.09. The Morgan fingerprint density at radius 2 is 1.87 bits per heavy atom. The maximum atomic E-state index is 12.3. The second-order valence-electron chi connectivity index (χ2n) is 4.84. The second-order valence-corrected chi connectivity index (χ2v) is 7.59. The van der Waals surface area contributed by atoms with Crippen molar-refractivity contribution in [1.29, 1.82) is 0 Å². The summed E-state index contributed by atoms with van der Waals surface area (Å²) in [6, 6.07) is 10.6. The van der Waals surface area contributed by atoms with Crippen LogP contribution in [-0.2, 0) is 16.4 Å². The number of thiazole rings is 1. The summed E-state index contributed by atoms with van der Waals surface area (Å²) in [5.74, 6) is 0. The van der Waals surface area contributed by atoms with Gasteiger partial charge in [-0.15, -0.1) is 11.3 Å². The van der Waals surface area contributed by atoms with Crippen LogP contribution in [0, 0.1) is 0 Å². The molecule has 5 nitrogen and oxygen atoms in total. The molecule has 0 aliphatic heterocycles. The van der Waals surface area contributed by atoms with Crippen molar-refractivity contribution in [3.63, 3.8) is 0 Å². The molecule has 1 aromatic carbocycles. The third kappa shape index (κ3) is 4.01. The van der Waals surface area contributed by atoms with Crippen molar-refractivity contribution in [2.45, 2.75) is 11.3 Å². The van der Waals surface area contributed by atoms with E-state index in [0.29, 0.717) is 13.0 Å². The van der Waals surface area contributed by atoms with Gasteiger partial charge in [-0.25, -0.2) is 18.1 Å². The van der Waals surface area contributed by atoms with Gasteiger partial charge in [0.1, 0.15) is 0 Å². The van der Waals surface area contributed by atoms with Gasteiger partial charge in [-0.1, -0.05) is 18.2 Å². The zero-order chi connectivity index (χ0) is 16.1. The Kier molecular flexibility index (Phi) is 4.80. The van der Waals surface area contributed by atoms with E-state index in [2.05, 4.69) is 14.7 Å². The highest BCUT2D eigenvalue weighted by Crippen LogP contribution is 2.20. The molecule has 0 fully saturated rings. The number of benzene rings is 1. The highest BCUT2D eigenvalue weighted by Gasteiger charge is 2.13. The topological polar surface area (TPSA) is 72.0 Å². The predicted octanol–water partition coefficient (Wildman–Crippen LogP) is 2.73. The smallest absolute Gasteiger partial charge is 0.240 e. The van der Waals surface area contributed by atoms with Gasteiger partial charge in [-0.3, -0.25) is 4.98 Å². The van der Waals surface area contributed by atoms with Crippen molar-refractivity contribution < 1.29 is 8.42 Å². The van der Waals surface area contributed by atoms with Gasteiger partial charge in [0.25, 0.3) is 0 Å². The van der Waals surface area contributed by atoms with Crippen LogP contribution in [0.1, 0.15) is 5.01 Å². The molecule has 0 spiro atoms. The number of aromatic nitrogens is 2. The number of hydrogen-bond donors (Lipinski definition) is 1. The number of rotatable bonds is 6. The van der Waals surface area contributed by atoms with E-state index < -0.39 is 10.0 Å². The minimum absolute atomic E-state index is 0.254. The van der Waals surface area contributed by atoms with Crippen molar-refractivity contribution >= 4 is 21.4 Å². The summed E-state index contributed by atoms with van der Waals surface area (Å²) in [5, 5.41) is 2.79. The lowest BCUT2D eigenvalue weighted by molar-refractivity contribution is 0.581. The lowest BCUT2D eigenvalue weighted by Gasteiger charge is -2.07. The Balaban J connectivity index is 1.68. The highest BCUT2D eigenvalue weighted by molar-refractivity contribution is 7.89. The fourth-order valence-corrected chi connectivity index (χ4v) is 3.76. The van der Waals surface area contributed by atoms with Crippen LogP contribution in [0.25, 0.3) is 11.1 Å². The number of sulfonamides is 1. The number of nitrogens with zero attached hydrogens (tertiary/aromatic N) is 2. The van der Waals surface area contributed by atoms with Crippen molar-refractivity contribution in [3.8, 4) is 11.1 Å². The third-order valence-electron chi connectivity index (χ3n) is 3.27. The van der Waals surface area contributed by atoms with E-state index >= 15 is 0 Å². The fourth-order valence-electron chi connectivity index (χ4n) is 2.11. The SMILES string of the molecule is O=S(=O)(NCCc1nccs1)c1ccc(-c2cccnc2)cc1. The van der Waals surface area contributed by atoms with E-state index in [1.807, 2.05) is 17.5 Å². The molecule has 2 heterocycles. The minimum Gasteiger partial charge on any atom is -0.264 e. The van der Waals surface area contributed by atoms with Crippen molar-refractivity contribution in [1.82, 2.24) is 14.7 Å². The van der Waals surface area contributed by atoms with Crippen LogP contribution in [0.15, 0.2) is 65.3 Å². The van der Waals surface area contributed by atoms with E-state index in [4.69, 9.17) is 0 Å². The normalized spacial score (nSPS) is 11.5. The van der Waals surface area contributed by atoms with Gasteiger partial charge in [0.15, 0.2) is 0 Å². The van der Waals surface area contributed by atoms with Crippen LogP contribution in [0.5, 0.6) is 0 Å². The molecule has 23 heavy (non-hydrogen) atoms. The zero-order valence-corrected chi connectivity index (χ0v) is 13.8. The van der Waals surface area contributed by atoms with Crippen LogP contribution in [0.3, 0.4) is 0 Å². The van der Waals surface area contributed by atoms with E-state index in [-0.39, 0.29) is 4.90 Å². The zero-order valence-electron chi connectivity index (χ0n) is 12.2. The molecule has 1 N–H and O–H groups in total. The molecule has 0 bridgehead atoms. The lowest BCUT2D eigenvalue weighted by atomic mass is 10.1. The first-order valence-electron chi connectivity index (χ1n) is 7.04. The summed E-state index contributed by atoms with van der Waals surface area (Å²) in [5.41, 5.74) is 1.88. The van der Waals surface area contributed by atoms with Gasteiger partial charge in [0, 0.05) is 36.9 Å². The van der Waals surface area contributed by atoms with Crippen molar-refractivity contribution in [2.75, 3.05) is 6.54 Å². The molecular formula is C16H15N3O2S2. The molecule has 0 saturated heterocycles. The average Bonchev–Trinajstić information content (AvgIpc) is 3.09. The molecule has 3 aromatic rings. The van der Waals surface area contributed by atoms with Crippen LogP contribution in [-0.4, -0.2) is 24.9 Å². The summed E-state index contributed by atoms with van der Waals surface area (Å²) in [4.78, 5) is 8.45. The van der Waals surface area contributed by atoms with Gasteiger partial charge in [-0.2, -0.15) is 0 Å². The first-order chi connectivity index (χ1) is 11.1. The highest BCUT2D eigenvalue weighted by atomic mass is 32.2. The van der Waals surface area contributed by atoms with Gasteiger partial charge < -0.3 is 0 Å². The summed E-state index contributed by atoms with van der Waals surface area (Å²) in [7, 11) is -3.50. The van der Waals surface area contributed by atoms with Gasteiger partial charge >= 0.3 is 0 Å². The molecule has 0 saturated carbocycles. The monoisotopic (exact) mass is 345 g/mol. The Bertz CT molecular complexity index is 846. The van der Waals surface area contributed by atoms with Crippen LogP contribution < -0.4 is 4.72 Å². The maximum Gasteiger partial charge on any atom is 0.240 e. The molecule has 0 unspecified atom stereocenters. The predicted molar refractivity (Wildman–Crippen MR) is 90.7 cm³/mol. The van der Waals surface area contributed by atoms with Gasteiger partial charge in [0.05, 0.1) is 9.90 Å². The third-order valence-corrected chi connectivity index (χ3v) is 5.59. The summed E-state index contributed by atoms with van der Waals surface area (Å²) in [6.07, 6.45) is 5.75. The van der Waals surface area contributed by atoms with E-state index in [9.17, 15) is 8.42 Å². The fraction of sp³-hybridized carbons (Fsp3) is 0.125. The summed E-state index contributed by atoms with van der Waals surface area (Å²) >= 11 is 1.52. The Morgan fingerprint density at radius 1 is 1.04 bits per heavy atom. The van der Waals surface area contributed by atoms with Crippen LogP contribution in [0.2, 0.25) is 0 Å². The lowest BCUT2D eigenvalue weighted by Crippen LogP contribution is -2.25. The molecule has 118 valence electrons. The molecule has 2 aromatic heterocycles. The number of nitrogens with one attached hydrogen (secondary N) is 1. The largest absolute Gasteiger partial charge is 0.264 e. The molecule has 7 heteroatoms. The minimum atomic E-state index is -3.50. The molecule has 0 aliphatic carbocycles. The molecular weight excluding hydrogens is 330 g/mol. The number of hydrogen-bond acceptors (Lipinski definition) is 5. The van der Waals surface area contributed by atoms with E-state index in [0.717, 1.165) is 16.1 Å². The Morgan fingerprint density at radius 3 is 2.52 bits per heavy atom.